The summed E-state index contributed by atoms with van der Waals surface area (Å²) in [6.45, 7) is 3.50. The minimum absolute atomic E-state index is 0.0383. The van der Waals surface area contributed by atoms with Crippen molar-refractivity contribution in [2.45, 2.75) is 51.4 Å². The van der Waals surface area contributed by atoms with Crippen LogP contribution in [0.2, 0.25) is 0 Å². The number of fused-ring (bicyclic) bond motifs is 2. The number of rotatable bonds is 7. The van der Waals surface area contributed by atoms with Crippen LogP contribution in [-0.2, 0) is 43.3 Å². The Bertz CT molecular complexity index is 1460. The van der Waals surface area contributed by atoms with Crippen LogP contribution in [0.25, 0.3) is 0 Å². The molecule has 4 N–H and O–H groups in total. The fraction of sp³-hybridized carbons (Fsp3) is 0.375. The van der Waals surface area contributed by atoms with Crippen LogP contribution in [0.1, 0.15) is 41.2 Å². The SMILES string of the molecule is CCOCC(=O)N1CCNC(=O)[C@@H](Cc2ccccc2)NC(=O)[C@H](Cc2ccccc2)NC(=O)[C@H](C)NC(=O)c2cc(on2)C1. The number of aromatic nitrogens is 1. The largest absolute Gasteiger partial charge is 0.372 e. The lowest BCUT2D eigenvalue weighted by Crippen LogP contribution is -2.57. The van der Waals surface area contributed by atoms with Crippen LogP contribution in [0.5, 0.6) is 0 Å². The molecule has 3 atom stereocenters. The number of amides is 5. The lowest BCUT2D eigenvalue weighted by Gasteiger charge is -2.25. The number of carbonyl (C=O) groups is 5. The van der Waals surface area contributed by atoms with E-state index in [4.69, 9.17) is 9.26 Å². The topological polar surface area (TPSA) is 172 Å². The third-order valence-electron chi connectivity index (χ3n) is 7.17. The second kappa shape index (κ2) is 16.1. The normalized spacial score (nSPS) is 20.2. The smallest absolute Gasteiger partial charge is 0.274 e. The lowest BCUT2D eigenvalue weighted by atomic mass is 10.0. The number of nitrogens with zero attached hydrogens (tertiary/aromatic N) is 2. The van der Waals surface area contributed by atoms with Gasteiger partial charge >= 0.3 is 0 Å². The summed E-state index contributed by atoms with van der Waals surface area (Å²) in [7, 11) is 0. The summed E-state index contributed by atoms with van der Waals surface area (Å²) in [4.78, 5) is 67.7. The van der Waals surface area contributed by atoms with Crippen molar-refractivity contribution in [1.82, 2.24) is 31.3 Å². The van der Waals surface area contributed by atoms with Crippen molar-refractivity contribution in [1.29, 1.82) is 0 Å². The average molecular weight is 619 g/mol. The molecule has 5 amide bonds. The molecule has 2 bridgehead atoms. The van der Waals surface area contributed by atoms with Crippen LogP contribution < -0.4 is 21.3 Å². The van der Waals surface area contributed by atoms with E-state index in [0.717, 1.165) is 11.1 Å². The van der Waals surface area contributed by atoms with Gasteiger partial charge in [0, 0.05) is 38.6 Å². The van der Waals surface area contributed by atoms with E-state index in [-0.39, 0.29) is 56.4 Å². The highest BCUT2D eigenvalue weighted by molar-refractivity contribution is 5.97. The van der Waals surface area contributed by atoms with Crippen molar-refractivity contribution in [3.63, 3.8) is 0 Å². The van der Waals surface area contributed by atoms with Crippen LogP contribution in [0.4, 0.5) is 0 Å². The van der Waals surface area contributed by atoms with Crippen LogP contribution >= 0.6 is 0 Å². The fourth-order valence-electron chi connectivity index (χ4n) is 4.72. The predicted octanol–water partition coefficient (Wildman–Crippen LogP) is 0.743. The van der Waals surface area contributed by atoms with Crippen molar-refractivity contribution in [2.75, 3.05) is 26.3 Å². The molecule has 45 heavy (non-hydrogen) atoms. The van der Waals surface area contributed by atoms with Gasteiger partial charge in [-0.2, -0.15) is 0 Å². The minimum atomic E-state index is -1.06. The Morgan fingerprint density at radius 1 is 0.889 bits per heavy atom. The first-order valence-electron chi connectivity index (χ1n) is 14.8. The maximum absolute atomic E-state index is 13.7. The minimum Gasteiger partial charge on any atom is -0.372 e. The predicted molar refractivity (Wildman–Crippen MR) is 163 cm³/mol. The molecule has 1 aromatic heterocycles. The molecule has 0 fully saturated rings. The molecular formula is C32H38N6O7. The monoisotopic (exact) mass is 618 g/mol. The van der Waals surface area contributed by atoms with Crippen molar-refractivity contribution in [3.8, 4) is 0 Å². The molecule has 0 unspecified atom stereocenters. The zero-order valence-corrected chi connectivity index (χ0v) is 25.3. The van der Waals surface area contributed by atoms with Gasteiger partial charge in [-0.25, -0.2) is 0 Å². The second-order valence-electron chi connectivity index (χ2n) is 10.6. The first-order chi connectivity index (χ1) is 21.7. The molecular weight excluding hydrogens is 580 g/mol. The summed E-state index contributed by atoms with van der Waals surface area (Å²) >= 11 is 0. The molecule has 1 aliphatic rings. The second-order valence-corrected chi connectivity index (χ2v) is 10.6. The Balaban J connectivity index is 1.64. The summed E-state index contributed by atoms with van der Waals surface area (Å²) in [5, 5.41) is 14.7. The van der Waals surface area contributed by atoms with E-state index in [1.807, 2.05) is 60.7 Å². The Kier molecular flexibility index (Phi) is 11.8. The standard InChI is InChI=1S/C32H38N6O7/c1-3-44-20-28(39)38-15-14-33-30(41)25(16-22-10-6-4-7-11-22)36-31(42)26(17-23-12-8-5-9-13-23)35-29(40)21(2)34-32(43)27-18-24(19-38)45-37-27/h4-13,18,21,25-26H,3,14-17,19-20H2,1-2H3,(H,33,41)(H,34,43)(H,35,40)(H,36,42)/t21-,25+,26-/m0/s1. The summed E-state index contributed by atoms with van der Waals surface area (Å²) in [5.74, 6) is -2.44. The van der Waals surface area contributed by atoms with Gasteiger partial charge in [0.15, 0.2) is 11.5 Å². The van der Waals surface area contributed by atoms with Crippen LogP contribution in [-0.4, -0.2) is 84.0 Å². The number of benzene rings is 2. The third kappa shape index (κ3) is 9.73. The Morgan fingerprint density at radius 2 is 1.49 bits per heavy atom. The first-order valence-corrected chi connectivity index (χ1v) is 14.8. The Hall–Kier alpha value is -5.04. The van der Waals surface area contributed by atoms with Gasteiger partial charge in [-0.15, -0.1) is 0 Å². The van der Waals surface area contributed by atoms with Gasteiger partial charge in [0.2, 0.25) is 23.6 Å². The van der Waals surface area contributed by atoms with Gasteiger partial charge < -0.3 is 35.4 Å². The van der Waals surface area contributed by atoms with E-state index in [2.05, 4.69) is 26.4 Å². The maximum atomic E-state index is 13.7. The number of carbonyl (C=O) groups excluding carboxylic acids is 5. The quantitative estimate of drug-likeness (QED) is 0.300. The first kappa shape index (κ1) is 32.9. The van der Waals surface area contributed by atoms with Crippen LogP contribution in [0.3, 0.4) is 0 Å². The molecule has 2 aromatic carbocycles. The maximum Gasteiger partial charge on any atom is 0.274 e. The van der Waals surface area contributed by atoms with Gasteiger partial charge in [-0.3, -0.25) is 24.0 Å². The number of hydrogen-bond donors (Lipinski definition) is 4. The highest BCUT2D eigenvalue weighted by Crippen LogP contribution is 2.11. The molecule has 1 aliphatic heterocycles. The Labute approximate surface area is 261 Å². The molecule has 238 valence electrons. The van der Waals surface area contributed by atoms with Crippen molar-refractivity contribution in [3.05, 3.63) is 89.3 Å². The highest BCUT2D eigenvalue weighted by Gasteiger charge is 2.30. The van der Waals surface area contributed by atoms with Crippen molar-refractivity contribution in [2.24, 2.45) is 0 Å². The molecule has 13 nitrogen and oxygen atoms in total. The summed E-state index contributed by atoms with van der Waals surface area (Å²) < 4.78 is 10.6. The van der Waals surface area contributed by atoms with Crippen molar-refractivity contribution < 1.29 is 33.2 Å². The lowest BCUT2D eigenvalue weighted by molar-refractivity contribution is -0.137. The van der Waals surface area contributed by atoms with Crippen molar-refractivity contribution >= 4 is 29.5 Å². The van der Waals surface area contributed by atoms with Gasteiger partial charge in [-0.1, -0.05) is 65.8 Å². The Morgan fingerprint density at radius 3 is 2.11 bits per heavy atom. The van der Waals surface area contributed by atoms with Gasteiger partial charge in [0.1, 0.15) is 24.7 Å². The van der Waals surface area contributed by atoms with Gasteiger partial charge in [0.25, 0.3) is 5.91 Å². The van der Waals surface area contributed by atoms with E-state index in [1.54, 1.807) is 6.92 Å². The third-order valence-corrected chi connectivity index (χ3v) is 7.17. The molecule has 0 radical (unpaired) electrons. The summed E-state index contributed by atoms with van der Waals surface area (Å²) in [6.07, 6.45) is 0.326. The van der Waals surface area contributed by atoms with Crippen LogP contribution in [0, 0.1) is 0 Å². The molecule has 2 heterocycles. The van der Waals surface area contributed by atoms with E-state index in [1.165, 1.54) is 17.9 Å². The average Bonchev–Trinajstić information content (AvgIpc) is 3.51. The zero-order valence-electron chi connectivity index (χ0n) is 25.3. The molecule has 0 spiro atoms. The zero-order chi connectivity index (χ0) is 32.2. The molecule has 4 rings (SSSR count). The molecule has 0 saturated heterocycles. The molecule has 13 heteroatoms. The van der Waals surface area contributed by atoms with Gasteiger partial charge in [0.05, 0.1) is 6.54 Å². The summed E-state index contributed by atoms with van der Waals surface area (Å²) in [5.41, 5.74) is 1.51. The van der Waals surface area contributed by atoms with E-state index >= 15 is 0 Å². The molecule has 0 saturated carbocycles. The highest BCUT2D eigenvalue weighted by atomic mass is 16.5. The van der Waals surface area contributed by atoms with E-state index in [0.29, 0.717) is 6.61 Å². The van der Waals surface area contributed by atoms with Crippen LogP contribution in [0.15, 0.2) is 71.3 Å². The number of ether oxygens (including phenoxy) is 1. The molecule has 3 aromatic rings. The number of hydrogen-bond acceptors (Lipinski definition) is 8. The number of nitrogens with one attached hydrogen (secondary N) is 4. The summed E-state index contributed by atoms with van der Waals surface area (Å²) in [6, 6.07) is 16.6. The van der Waals surface area contributed by atoms with E-state index < -0.39 is 41.8 Å². The van der Waals surface area contributed by atoms with E-state index in [9.17, 15) is 24.0 Å². The molecule has 0 aliphatic carbocycles. The van der Waals surface area contributed by atoms with Gasteiger partial charge in [-0.05, 0) is 25.0 Å². The fourth-order valence-corrected chi connectivity index (χ4v) is 4.72.